The minimum Gasteiger partial charge on any atom is -0.224 e. The van der Waals surface area contributed by atoms with E-state index >= 15 is 0 Å². The van der Waals surface area contributed by atoms with E-state index in [2.05, 4.69) is 9.97 Å². The van der Waals surface area contributed by atoms with Crippen LogP contribution in [0.4, 0.5) is 0 Å². The molecular weight excluding hydrogens is 162 g/mol. The molecule has 0 spiro atoms. The second-order valence-corrected chi connectivity index (χ2v) is 2.36. The maximum absolute atomic E-state index is 8.45. The quantitative estimate of drug-likeness (QED) is 0.597. The minimum atomic E-state index is 0.134. The van der Waals surface area contributed by atoms with Crippen molar-refractivity contribution in [1.29, 1.82) is 5.26 Å². The average molecular weight is 168 g/mol. The Bertz CT molecular complexity index is 303. The molecule has 3 nitrogen and oxygen atoms in total. The molecule has 0 bridgehead atoms. The zero-order chi connectivity index (χ0) is 8.27. The van der Waals surface area contributed by atoms with Crippen LogP contribution < -0.4 is 0 Å². The fraction of sp³-hybridized carbons (Fsp3) is 0.286. The van der Waals surface area contributed by atoms with Gasteiger partial charge in [0.1, 0.15) is 11.2 Å². The molecule has 0 amide bonds. The van der Waals surface area contributed by atoms with Crippen LogP contribution in [0, 0.1) is 11.3 Å². The second-order valence-electron chi connectivity index (χ2n) is 1.97. The third-order valence-corrected chi connectivity index (χ3v) is 1.40. The summed E-state index contributed by atoms with van der Waals surface area (Å²) in [5.41, 5.74) is 0.793. The molecule has 0 saturated heterocycles. The highest BCUT2D eigenvalue weighted by atomic mass is 35.5. The highest BCUT2D eigenvalue weighted by molar-refractivity contribution is 6.29. The van der Waals surface area contributed by atoms with Crippen molar-refractivity contribution in [3.05, 3.63) is 22.7 Å². The highest BCUT2D eigenvalue weighted by Gasteiger charge is 1.99. The van der Waals surface area contributed by atoms with Crippen LogP contribution in [0.5, 0.6) is 0 Å². The molecule has 11 heavy (non-hydrogen) atoms. The van der Waals surface area contributed by atoms with E-state index in [9.17, 15) is 0 Å². The first-order valence-electron chi connectivity index (χ1n) is 3.20. The lowest BCUT2D eigenvalue weighted by Crippen LogP contribution is -1.94. The van der Waals surface area contributed by atoms with Gasteiger partial charge in [0.15, 0.2) is 0 Å². The molecular formula is C7H6ClN3. The summed E-state index contributed by atoms with van der Waals surface area (Å²) in [5, 5.41) is 8.78. The molecule has 0 N–H and O–H groups in total. The maximum Gasteiger partial charge on any atom is 0.233 e. The van der Waals surface area contributed by atoms with Gasteiger partial charge >= 0.3 is 0 Å². The maximum atomic E-state index is 8.45. The van der Waals surface area contributed by atoms with E-state index in [4.69, 9.17) is 16.9 Å². The second kappa shape index (κ2) is 3.31. The standard InChI is InChI=1S/C7H6ClN3/c1-2-5-3-6(8)11-7(4-9)10-5/h3H,2H2,1H3. The van der Waals surface area contributed by atoms with E-state index in [1.807, 2.05) is 13.0 Å². The summed E-state index contributed by atoms with van der Waals surface area (Å²) in [6.45, 7) is 1.94. The topological polar surface area (TPSA) is 49.6 Å². The van der Waals surface area contributed by atoms with Crippen molar-refractivity contribution in [2.75, 3.05) is 0 Å². The first kappa shape index (κ1) is 7.96. The zero-order valence-corrected chi connectivity index (χ0v) is 6.76. The van der Waals surface area contributed by atoms with Gasteiger partial charge in [0.05, 0.1) is 0 Å². The van der Waals surface area contributed by atoms with Crippen molar-refractivity contribution in [2.24, 2.45) is 0 Å². The normalized spacial score (nSPS) is 9.18. The first-order valence-corrected chi connectivity index (χ1v) is 3.57. The number of nitrogens with zero attached hydrogens (tertiary/aromatic N) is 3. The number of aryl methyl sites for hydroxylation is 1. The SMILES string of the molecule is CCc1cc(Cl)nc(C#N)n1. The fourth-order valence-corrected chi connectivity index (χ4v) is 0.901. The van der Waals surface area contributed by atoms with Crippen molar-refractivity contribution in [3.63, 3.8) is 0 Å². The Morgan fingerprint density at radius 2 is 2.36 bits per heavy atom. The van der Waals surface area contributed by atoms with Gasteiger partial charge in [-0.2, -0.15) is 5.26 Å². The van der Waals surface area contributed by atoms with Gasteiger partial charge < -0.3 is 0 Å². The predicted octanol–water partition coefficient (Wildman–Crippen LogP) is 1.56. The zero-order valence-electron chi connectivity index (χ0n) is 6.00. The van der Waals surface area contributed by atoms with Crippen LogP contribution in [0.2, 0.25) is 5.15 Å². The predicted molar refractivity (Wildman–Crippen MR) is 41.1 cm³/mol. The molecule has 0 radical (unpaired) electrons. The molecule has 1 aromatic rings. The summed E-state index contributed by atoms with van der Waals surface area (Å²) < 4.78 is 0. The minimum absolute atomic E-state index is 0.134. The molecule has 56 valence electrons. The Labute approximate surface area is 69.7 Å². The Balaban J connectivity index is 3.15. The fourth-order valence-electron chi connectivity index (χ4n) is 0.695. The van der Waals surface area contributed by atoms with Gasteiger partial charge in [0.25, 0.3) is 0 Å². The summed E-state index contributed by atoms with van der Waals surface area (Å²) in [5.74, 6) is 0.134. The largest absolute Gasteiger partial charge is 0.233 e. The average Bonchev–Trinajstić information content (AvgIpc) is 2.03. The number of nitriles is 1. The van der Waals surface area contributed by atoms with Gasteiger partial charge in [-0.3, -0.25) is 0 Å². The van der Waals surface area contributed by atoms with Crippen LogP contribution in [0.25, 0.3) is 0 Å². The summed E-state index contributed by atoms with van der Waals surface area (Å²) in [6, 6.07) is 3.49. The van der Waals surface area contributed by atoms with E-state index in [0.29, 0.717) is 5.15 Å². The lowest BCUT2D eigenvalue weighted by molar-refractivity contribution is 0.978. The highest BCUT2D eigenvalue weighted by Crippen LogP contribution is 2.06. The van der Waals surface area contributed by atoms with Crippen molar-refractivity contribution < 1.29 is 0 Å². The van der Waals surface area contributed by atoms with E-state index in [0.717, 1.165) is 12.1 Å². The summed E-state index contributed by atoms with van der Waals surface area (Å²) in [4.78, 5) is 7.61. The van der Waals surface area contributed by atoms with Crippen LogP contribution in [0.15, 0.2) is 6.07 Å². The lowest BCUT2D eigenvalue weighted by Gasteiger charge is -1.95. The molecule has 0 unspecified atom stereocenters. The third-order valence-electron chi connectivity index (χ3n) is 1.21. The van der Waals surface area contributed by atoms with Crippen LogP contribution in [-0.4, -0.2) is 9.97 Å². The van der Waals surface area contributed by atoms with Crippen LogP contribution in [0.3, 0.4) is 0 Å². The molecule has 0 aliphatic heterocycles. The number of hydrogen-bond acceptors (Lipinski definition) is 3. The summed E-state index contributed by atoms with van der Waals surface area (Å²) in [6.07, 6.45) is 0.761. The molecule has 1 rings (SSSR count). The molecule has 1 heterocycles. The van der Waals surface area contributed by atoms with Crippen LogP contribution in [-0.2, 0) is 6.42 Å². The van der Waals surface area contributed by atoms with E-state index < -0.39 is 0 Å². The Morgan fingerprint density at radius 1 is 1.64 bits per heavy atom. The van der Waals surface area contributed by atoms with E-state index in [1.165, 1.54) is 0 Å². The van der Waals surface area contributed by atoms with Gasteiger partial charge in [-0.15, -0.1) is 0 Å². The molecule has 1 aromatic heterocycles. The van der Waals surface area contributed by atoms with Crippen molar-refractivity contribution in [3.8, 4) is 6.07 Å². The van der Waals surface area contributed by atoms with Crippen molar-refractivity contribution in [1.82, 2.24) is 9.97 Å². The Morgan fingerprint density at radius 3 is 2.91 bits per heavy atom. The monoisotopic (exact) mass is 167 g/mol. The van der Waals surface area contributed by atoms with E-state index in [1.54, 1.807) is 6.07 Å². The Hall–Kier alpha value is -1.14. The van der Waals surface area contributed by atoms with Gasteiger partial charge in [-0.1, -0.05) is 18.5 Å². The molecule has 4 heteroatoms. The molecule has 0 aliphatic carbocycles. The molecule has 0 saturated carbocycles. The lowest BCUT2D eigenvalue weighted by atomic mass is 10.3. The summed E-state index contributed by atoms with van der Waals surface area (Å²) in [7, 11) is 0. The molecule has 0 atom stereocenters. The number of aromatic nitrogens is 2. The molecule has 0 fully saturated rings. The van der Waals surface area contributed by atoms with Gasteiger partial charge in [0.2, 0.25) is 5.82 Å². The van der Waals surface area contributed by atoms with E-state index in [-0.39, 0.29) is 5.82 Å². The van der Waals surface area contributed by atoms with Crippen LogP contribution >= 0.6 is 11.6 Å². The van der Waals surface area contributed by atoms with Crippen LogP contribution in [0.1, 0.15) is 18.4 Å². The summed E-state index contributed by atoms with van der Waals surface area (Å²) >= 11 is 5.61. The number of hydrogen-bond donors (Lipinski definition) is 0. The first-order chi connectivity index (χ1) is 5.26. The number of rotatable bonds is 1. The van der Waals surface area contributed by atoms with Gasteiger partial charge in [-0.25, -0.2) is 9.97 Å². The smallest absolute Gasteiger partial charge is 0.224 e. The van der Waals surface area contributed by atoms with Gasteiger partial charge in [-0.05, 0) is 12.5 Å². The molecule has 0 aromatic carbocycles. The van der Waals surface area contributed by atoms with Crippen molar-refractivity contribution >= 4 is 11.6 Å². The molecule has 0 aliphatic rings. The van der Waals surface area contributed by atoms with Gasteiger partial charge in [0, 0.05) is 5.69 Å². The van der Waals surface area contributed by atoms with Crippen molar-refractivity contribution in [2.45, 2.75) is 13.3 Å². The Kier molecular flexibility index (Phi) is 2.40. The third kappa shape index (κ3) is 1.89. The number of halogens is 1.